The third kappa shape index (κ3) is 2.79. The molecule has 0 unspecified atom stereocenters. The third-order valence-electron chi connectivity index (χ3n) is 2.86. The fourth-order valence-corrected chi connectivity index (χ4v) is 1.98. The Morgan fingerprint density at radius 1 is 1.10 bits per heavy atom. The topological polar surface area (TPSA) is 72.7 Å². The van der Waals surface area contributed by atoms with Gasteiger partial charge in [0.2, 0.25) is 5.91 Å². The van der Waals surface area contributed by atoms with Crippen molar-refractivity contribution in [2.45, 2.75) is 6.92 Å². The highest BCUT2D eigenvalue weighted by Crippen LogP contribution is 2.19. The van der Waals surface area contributed by atoms with Crippen LogP contribution in [0.5, 0.6) is 0 Å². The van der Waals surface area contributed by atoms with E-state index in [9.17, 15) is 4.79 Å². The molecule has 3 aromatic rings. The molecule has 3 heterocycles. The second-order valence-corrected chi connectivity index (χ2v) is 4.42. The quantitative estimate of drug-likeness (QED) is 0.798. The van der Waals surface area contributed by atoms with Crippen LogP contribution >= 0.6 is 0 Å². The molecule has 3 rings (SSSR count). The molecule has 1 amide bonds. The fourth-order valence-electron chi connectivity index (χ4n) is 1.98. The van der Waals surface area contributed by atoms with Crippen LogP contribution < -0.4 is 5.32 Å². The standard InChI is InChI=1S/C15H13N5O/c1-11(21)19-14-6-5-12(10-18-14)20-9-8-17-15(20)13-4-2-3-7-16-13/h2-10H,1H3,(H,18,19,21). The highest BCUT2D eigenvalue weighted by molar-refractivity contribution is 5.87. The van der Waals surface area contributed by atoms with Gasteiger partial charge in [0.15, 0.2) is 5.82 Å². The van der Waals surface area contributed by atoms with Gasteiger partial charge in [-0.3, -0.25) is 14.3 Å². The van der Waals surface area contributed by atoms with Crippen molar-refractivity contribution >= 4 is 11.7 Å². The Hall–Kier alpha value is -3.02. The Kier molecular flexibility index (Phi) is 3.42. The molecular formula is C15H13N5O. The SMILES string of the molecule is CC(=O)Nc1ccc(-n2ccnc2-c2ccccn2)cn1. The molecule has 0 saturated heterocycles. The lowest BCUT2D eigenvalue weighted by molar-refractivity contribution is -0.114. The van der Waals surface area contributed by atoms with Gasteiger partial charge >= 0.3 is 0 Å². The van der Waals surface area contributed by atoms with Crippen LogP contribution in [0.3, 0.4) is 0 Å². The largest absolute Gasteiger partial charge is 0.311 e. The molecule has 0 spiro atoms. The lowest BCUT2D eigenvalue weighted by atomic mass is 10.3. The highest BCUT2D eigenvalue weighted by Gasteiger charge is 2.08. The number of amides is 1. The van der Waals surface area contributed by atoms with E-state index in [-0.39, 0.29) is 5.91 Å². The number of carbonyl (C=O) groups excluding carboxylic acids is 1. The summed E-state index contributed by atoms with van der Waals surface area (Å²) >= 11 is 0. The van der Waals surface area contributed by atoms with E-state index in [0.717, 1.165) is 17.2 Å². The number of nitrogens with one attached hydrogen (secondary N) is 1. The molecule has 6 heteroatoms. The summed E-state index contributed by atoms with van der Waals surface area (Å²) in [7, 11) is 0. The molecule has 21 heavy (non-hydrogen) atoms. The van der Waals surface area contributed by atoms with Crippen LogP contribution in [0, 0.1) is 0 Å². The molecule has 0 saturated carbocycles. The van der Waals surface area contributed by atoms with Crippen molar-refractivity contribution in [1.29, 1.82) is 0 Å². The van der Waals surface area contributed by atoms with Crippen LogP contribution in [0.15, 0.2) is 55.1 Å². The molecule has 3 aromatic heterocycles. The summed E-state index contributed by atoms with van der Waals surface area (Å²) in [4.78, 5) is 23.8. The lowest BCUT2D eigenvalue weighted by Gasteiger charge is -2.08. The summed E-state index contributed by atoms with van der Waals surface area (Å²) in [6.45, 7) is 1.45. The fraction of sp³-hybridized carbons (Fsp3) is 0.0667. The Labute approximate surface area is 121 Å². The number of rotatable bonds is 3. The van der Waals surface area contributed by atoms with Crippen molar-refractivity contribution in [2.24, 2.45) is 0 Å². The first-order valence-corrected chi connectivity index (χ1v) is 6.43. The van der Waals surface area contributed by atoms with Crippen molar-refractivity contribution in [3.63, 3.8) is 0 Å². The zero-order chi connectivity index (χ0) is 14.7. The molecule has 0 aliphatic carbocycles. The van der Waals surface area contributed by atoms with E-state index in [1.54, 1.807) is 24.7 Å². The van der Waals surface area contributed by atoms with E-state index >= 15 is 0 Å². The lowest BCUT2D eigenvalue weighted by Crippen LogP contribution is -2.07. The van der Waals surface area contributed by atoms with E-state index in [4.69, 9.17) is 0 Å². The first kappa shape index (κ1) is 13.0. The average Bonchev–Trinajstić information content (AvgIpc) is 2.98. The van der Waals surface area contributed by atoms with Gasteiger partial charge in [-0.05, 0) is 24.3 Å². The van der Waals surface area contributed by atoms with Crippen LogP contribution in [-0.2, 0) is 4.79 Å². The number of carbonyl (C=O) groups is 1. The van der Waals surface area contributed by atoms with Gasteiger partial charge in [-0.25, -0.2) is 9.97 Å². The summed E-state index contributed by atoms with van der Waals surface area (Å²) < 4.78 is 1.90. The molecule has 0 fully saturated rings. The van der Waals surface area contributed by atoms with E-state index in [0.29, 0.717) is 5.82 Å². The van der Waals surface area contributed by atoms with Gasteiger partial charge in [-0.1, -0.05) is 6.07 Å². The van der Waals surface area contributed by atoms with E-state index in [1.165, 1.54) is 6.92 Å². The van der Waals surface area contributed by atoms with Gasteiger partial charge in [0, 0.05) is 25.5 Å². The Balaban J connectivity index is 1.95. The van der Waals surface area contributed by atoms with Gasteiger partial charge in [-0.15, -0.1) is 0 Å². The molecule has 1 N–H and O–H groups in total. The molecule has 0 bridgehead atoms. The minimum Gasteiger partial charge on any atom is -0.311 e. The Morgan fingerprint density at radius 3 is 2.67 bits per heavy atom. The van der Waals surface area contributed by atoms with E-state index < -0.39 is 0 Å². The van der Waals surface area contributed by atoms with Gasteiger partial charge in [0.1, 0.15) is 11.5 Å². The predicted octanol–water partition coefficient (Wildman–Crippen LogP) is 2.29. The van der Waals surface area contributed by atoms with E-state index in [1.807, 2.05) is 35.0 Å². The first-order valence-electron chi connectivity index (χ1n) is 6.43. The van der Waals surface area contributed by atoms with Crippen molar-refractivity contribution in [3.05, 3.63) is 55.1 Å². The summed E-state index contributed by atoms with van der Waals surface area (Å²) in [5.41, 5.74) is 1.63. The minimum atomic E-state index is -0.146. The van der Waals surface area contributed by atoms with Crippen LogP contribution in [0.2, 0.25) is 0 Å². The van der Waals surface area contributed by atoms with Gasteiger partial charge in [0.05, 0.1) is 11.9 Å². The van der Waals surface area contributed by atoms with Crippen LogP contribution in [0.25, 0.3) is 17.2 Å². The van der Waals surface area contributed by atoms with Gasteiger partial charge in [0.25, 0.3) is 0 Å². The number of aromatic nitrogens is 4. The van der Waals surface area contributed by atoms with Crippen LogP contribution in [0.4, 0.5) is 5.82 Å². The first-order chi connectivity index (χ1) is 10.2. The third-order valence-corrected chi connectivity index (χ3v) is 2.86. The Morgan fingerprint density at radius 2 is 2.00 bits per heavy atom. The van der Waals surface area contributed by atoms with Crippen molar-refractivity contribution in [3.8, 4) is 17.2 Å². The number of hydrogen-bond acceptors (Lipinski definition) is 4. The summed E-state index contributed by atoms with van der Waals surface area (Å²) in [5.74, 6) is 1.11. The van der Waals surface area contributed by atoms with Crippen LogP contribution in [-0.4, -0.2) is 25.4 Å². The maximum atomic E-state index is 11.0. The molecular weight excluding hydrogens is 266 g/mol. The van der Waals surface area contributed by atoms with Crippen molar-refractivity contribution in [2.75, 3.05) is 5.32 Å². The maximum Gasteiger partial charge on any atom is 0.222 e. The zero-order valence-electron chi connectivity index (χ0n) is 11.4. The smallest absolute Gasteiger partial charge is 0.222 e. The second kappa shape index (κ2) is 5.54. The minimum absolute atomic E-state index is 0.146. The molecule has 104 valence electrons. The average molecular weight is 279 g/mol. The van der Waals surface area contributed by atoms with Gasteiger partial charge < -0.3 is 5.32 Å². The zero-order valence-corrected chi connectivity index (χ0v) is 11.4. The summed E-state index contributed by atoms with van der Waals surface area (Å²) in [6, 6.07) is 9.29. The maximum absolute atomic E-state index is 11.0. The summed E-state index contributed by atoms with van der Waals surface area (Å²) in [6.07, 6.45) is 6.97. The molecule has 0 aliphatic heterocycles. The number of nitrogens with zero attached hydrogens (tertiary/aromatic N) is 4. The van der Waals surface area contributed by atoms with Gasteiger partial charge in [-0.2, -0.15) is 0 Å². The second-order valence-electron chi connectivity index (χ2n) is 4.42. The number of anilines is 1. The van der Waals surface area contributed by atoms with Crippen molar-refractivity contribution < 1.29 is 4.79 Å². The predicted molar refractivity (Wildman–Crippen MR) is 78.9 cm³/mol. The highest BCUT2D eigenvalue weighted by atomic mass is 16.1. The molecule has 0 atom stereocenters. The molecule has 0 aliphatic rings. The number of pyridine rings is 2. The number of hydrogen-bond donors (Lipinski definition) is 1. The Bertz CT molecular complexity index is 749. The monoisotopic (exact) mass is 279 g/mol. The number of imidazole rings is 1. The molecule has 0 aromatic carbocycles. The normalized spacial score (nSPS) is 10.3. The molecule has 6 nitrogen and oxygen atoms in total. The summed E-state index contributed by atoms with van der Waals surface area (Å²) in [5, 5.41) is 2.64. The van der Waals surface area contributed by atoms with Crippen molar-refractivity contribution in [1.82, 2.24) is 19.5 Å². The molecule has 0 radical (unpaired) electrons. The van der Waals surface area contributed by atoms with E-state index in [2.05, 4.69) is 20.3 Å². The van der Waals surface area contributed by atoms with Crippen LogP contribution in [0.1, 0.15) is 6.92 Å².